The molecule has 1 aromatic heterocycles. The van der Waals surface area contributed by atoms with Crippen molar-refractivity contribution in [1.29, 1.82) is 0 Å². The minimum atomic E-state index is -0.0253. The lowest BCUT2D eigenvalue weighted by Gasteiger charge is -2.07. The molecule has 28 heavy (non-hydrogen) atoms. The fourth-order valence-electron chi connectivity index (χ4n) is 3.43. The van der Waals surface area contributed by atoms with E-state index in [4.69, 9.17) is 5.73 Å². The largest absolute Gasteiger partial charge is 0.397 e. The highest BCUT2D eigenvalue weighted by Gasteiger charge is 2.14. The smallest absolute Gasteiger partial charge is 0.224 e. The van der Waals surface area contributed by atoms with E-state index in [0.29, 0.717) is 24.2 Å². The Morgan fingerprint density at radius 2 is 1.61 bits per heavy atom. The van der Waals surface area contributed by atoms with Gasteiger partial charge in [-0.2, -0.15) is 0 Å². The number of anilines is 2. The van der Waals surface area contributed by atoms with Crippen molar-refractivity contribution in [3.8, 4) is 0 Å². The number of H-pyrrole nitrogens is 1. The number of carbonyl (C=O) groups excluding carboxylic acids is 2. The molecule has 5 heteroatoms. The zero-order valence-corrected chi connectivity index (χ0v) is 16.3. The zero-order valence-electron chi connectivity index (χ0n) is 16.3. The van der Waals surface area contributed by atoms with Crippen molar-refractivity contribution >= 4 is 34.0 Å². The number of hydrogen-bond donors (Lipinski definition) is 3. The van der Waals surface area contributed by atoms with Crippen LogP contribution in [0.5, 0.6) is 0 Å². The molecule has 3 aromatic rings. The molecule has 3 rings (SSSR count). The number of rotatable bonds is 9. The van der Waals surface area contributed by atoms with Gasteiger partial charge in [0.25, 0.3) is 0 Å². The summed E-state index contributed by atoms with van der Waals surface area (Å²) >= 11 is 0. The van der Waals surface area contributed by atoms with Gasteiger partial charge in [-0.1, -0.05) is 43.2 Å². The maximum atomic E-state index is 12.5. The fourth-order valence-corrected chi connectivity index (χ4v) is 3.43. The first-order chi connectivity index (χ1) is 13.6. The number of aromatic amines is 1. The molecule has 0 bridgehead atoms. The number of fused-ring (bicyclic) bond motifs is 1. The van der Waals surface area contributed by atoms with Crippen molar-refractivity contribution in [1.82, 2.24) is 4.98 Å². The lowest BCUT2D eigenvalue weighted by molar-refractivity contribution is -0.116. The topological polar surface area (TPSA) is 88.0 Å². The first-order valence-electron chi connectivity index (χ1n) is 9.81. The third-order valence-electron chi connectivity index (χ3n) is 5.04. The molecule has 0 saturated carbocycles. The van der Waals surface area contributed by atoms with E-state index in [0.717, 1.165) is 47.8 Å². The van der Waals surface area contributed by atoms with Gasteiger partial charge in [-0.05, 0) is 43.5 Å². The quantitative estimate of drug-likeness (QED) is 0.271. The molecule has 0 radical (unpaired) electrons. The Morgan fingerprint density at radius 3 is 2.36 bits per heavy atom. The molecule has 0 atom stereocenters. The first kappa shape index (κ1) is 19.7. The van der Waals surface area contributed by atoms with Gasteiger partial charge in [-0.15, -0.1) is 0 Å². The molecule has 4 N–H and O–H groups in total. The van der Waals surface area contributed by atoms with E-state index in [-0.39, 0.29) is 11.7 Å². The predicted molar refractivity (Wildman–Crippen MR) is 115 cm³/mol. The molecule has 146 valence electrons. The summed E-state index contributed by atoms with van der Waals surface area (Å²) in [5.41, 5.74) is 9.81. The van der Waals surface area contributed by atoms with Crippen LogP contribution in [0.4, 0.5) is 11.4 Å². The Morgan fingerprint density at radius 1 is 0.929 bits per heavy atom. The van der Waals surface area contributed by atoms with Crippen LogP contribution in [-0.2, 0) is 4.79 Å². The van der Waals surface area contributed by atoms with Gasteiger partial charge in [0.2, 0.25) is 5.91 Å². The monoisotopic (exact) mass is 377 g/mol. The van der Waals surface area contributed by atoms with Crippen molar-refractivity contribution < 1.29 is 9.59 Å². The number of nitrogens with two attached hydrogens (primary N) is 1. The van der Waals surface area contributed by atoms with Crippen LogP contribution in [0.15, 0.2) is 48.5 Å². The fraction of sp³-hybridized carbons (Fsp3) is 0.304. The van der Waals surface area contributed by atoms with Crippen LogP contribution < -0.4 is 11.1 Å². The van der Waals surface area contributed by atoms with Crippen molar-refractivity contribution in [3.63, 3.8) is 0 Å². The maximum absolute atomic E-state index is 12.5. The van der Waals surface area contributed by atoms with Crippen LogP contribution in [0.2, 0.25) is 0 Å². The van der Waals surface area contributed by atoms with Crippen LogP contribution in [-0.4, -0.2) is 16.7 Å². The third kappa shape index (κ3) is 4.80. The molecule has 1 amide bonds. The van der Waals surface area contributed by atoms with Crippen LogP contribution in [0.25, 0.3) is 10.9 Å². The second-order valence-electron chi connectivity index (χ2n) is 7.14. The molecule has 1 heterocycles. The van der Waals surface area contributed by atoms with E-state index < -0.39 is 0 Å². The van der Waals surface area contributed by atoms with Crippen LogP contribution in [0.3, 0.4) is 0 Å². The summed E-state index contributed by atoms with van der Waals surface area (Å²) < 4.78 is 0. The first-order valence-corrected chi connectivity index (χ1v) is 9.81. The molecular formula is C23H27N3O2. The molecule has 2 aromatic carbocycles. The number of aryl methyl sites for hydroxylation is 1. The van der Waals surface area contributed by atoms with E-state index in [9.17, 15) is 9.59 Å². The van der Waals surface area contributed by atoms with Gasteiger partial charge in [0.15, 0.2) is 5.78 Å². The Balaban J connectivity index is 1.36. The van der Waals surface area contributed by atoms with Crippen LogP contribution in [0, 0.1) is 6.92 Å². The van der Waals surface area contributed by atoms with Crippen molar-refractivity contribution in [2.45, 2.75) is 45.4 Å². The number of nitrogen functional groups attached to an aromatic ring is 1. The van der Waals surface area contributed by atoms with Crippen LogP contribution in [0.1, 0.15) is 54.6 Å². The van der Waals surface area contributed by atoms with Crippen molar-refractivity contribution in [2.75, 3.05) is 11.1 Å². The predicted octanol–water partition coefficient (Wildman–Crippen LogP) is 5.22. The summed E-state index contributed by atoms with van der Waals surface area (Å²) in [5, 5.41) is 3.94. The number of unbranched alkanes of at least 4 members (excludes halogenated alkanes) is 3. The number of carbonyl (C=O) groups is 2. The molecule has 0 spiro atoms. The number of Topliss-reactive ketones (excluding diaryl/α,β-unsaturated/α-hetero) is 1. The molecule has 0 aliphatic rings. The average molecular weight is 377 g/mol. The lowest BCUT2D eigenvalue weighted by Crippen LogP contribution is -2.12. The van der Waals surface area contributed by atoms with Crippen molar-refractivity contribution in [3.05, 3.63) is 59.8 Å². The highest BCUT2D eigenvalue weighted by Crippen LogP contribution is 2.23. The Kier molecular flexibility index (Phi) is 6.48. The highest BCUT2D eigenvalue weighted by molar-refractivity contribution is 6.02. The van der Waals surface area contributed by atoms with Crippen molar-refractivity contribution in [2.24, 2.45) is 0 Å². The minimum absolute atomic E-state index is 0.0253. The van der Waals surface area contributed by atoms with Gasteiger partial charge in [-0.25, -0.2) is 0 Å². The second-order valence-corrected chi connectivity index (χ2v) is 7.14. The summed E-state index contributed by atoms with van der Waals surface area (Å²) in [4.78, 5) is 27.7. The standard InChI is InChI=1S/C23H27N3O2/c1-16-17-10-6-8-12-19(17)26-23(16)21(27)14-4-2-3-5-15-22(28)25-20-13-9-7-11-18(20)24/h6-13,26H,2-5,14-15,24H2,1H3,(H,25,28). The summed E-state index contributed by atoms with van der Waals surface area (Å²) in [6, 6.07) is 15.2. The average Bonchev–Trinajstić information content (AvgIpc) is 3.03. The van der Waals surface area contributed by atoms with E-state index in [2.05, 4.69) is 10.3 Å². The lowest BCUT2D eigenvalue weighted by atomic mass is 10.0. The number of hydrogen-bond acceptors (Lipinski definition) is 3. The SMILES string of the molecule is Cc1c(C(=O)CCCCCCC(=O)Nc2ccccc2N)[nH]c2ccccc12. The Labute approximate surface area is 165 Å². The molecule has 0 fully saturated rings. The molecule has 0 aliphatic carbocycles. The molecule has 0 saturated heterocycles. The number of aromatic nitrogens is 1. The molecular weight excluding hydrogens is 350 g/mol. The molecule has 5 nitrogen and oxygen atoms in total. The van der Waals surface area contributed by atoms with Gasteiger partial charge in [-0.3, -0.25) is 9.59 Å². The number of nitrogens with one attached hydrogen (secondary N) is 2. The normalized spacial score (nSPS) is 10.9. The number of para-hydroxylation sites is 3. The van der Waals surface area contributed by atoms with Gasteiger partial charge in [0, 0.05) is 23.7 Å². The third-order valence-corrected chi connectivity index (χ3v) is 5.04. The minimum Gasteiger partial charge on any atom is -0.397 e. The number of amides is 1. The van der Waals surface area contributed by atoms with E-state index >= 15 is 0 Å². The zero-order chi connectivity index (χ0) is 19.9. The van der Waals surface area contributed by atoms with Crippen LogP contribution >= 0.6 is 0 Å². The van der Waals surface area contributed by atoms with E-state index in [1.165, 1.54) is 0 Å². The Hall–Kier alpha value is -3.08. The molecule has 0 aliphatic heterocycles. The highest BCUT2D eigenvalue weighted by atomic mass is 16.1. The molecule has 0 unspecified atom stereocenters. The number of benzene rings is 2. The second kappa shape index (κ2) is 9.22. The Bertz CT molecular complexity index is 975. The summed E-state index contributed by atoms with van der Waals surface area (Å²) in [5.74, 6) is 0.133. The summed E-state index contributed by atoms with van der Waals surface area (Å²) in [7, 11) is 0. The summed E-state index contributed by atoms with van der Waals surface area (Å²) in [6.07, 6.45) is 4.49. The van der Waals surface area contributed by atoms with Gasteiger partial charge in [0.05, 0.1) is 17.1 Å². The van der Waals surface area contributed by atoms with E-state index in [1.807, 2.05) is 43.3 Å². The van der Waals surface area contributed by atoms with E-state index in [1.54, 1.807) is 12.1 Å². The van der Waals surface area contributed by atoms with Gasteiger partial charge >= 0.3 is 0 Å². The van der Waals surface area contributed by atoms with Gasteiger partial charge < -0.3 is 16.0 Å². The number of ketones is 1. The summed E-state index contributed by atoms with van der Waals surface area (Å²) in [6.45, 7) is 1.99. The maximum Gasteiger partial charge on any atom is 0.224 e. The van der Waals surface area contributed by atoms with Gasteiger partial charge in [0.1, 0.15) is 0 Å².